The van der Waals surface area contributed by atoms with E-state index in [1.807, 2.05) is 0 Å². The molecule has 0 fully saturated rings. The van der Waals surface area contributed by atoms with Crippen molar-refractivity contribution < 1.29 is 27.2 Å². The fourth-order valence-electron chi connectivity index (χ4n) is 2.75. The van der Waals surface area contributed by atoms with Gasteiger partial charge in [0.15, 0.2) is 5.82 Å². The highest BCUT2D eigenvalue weighted by Gasteiger charge is 2.39. The van der Waals surface area contributed by atoms with E-state index in [4.69, 9.17) is 0 Å². The number of carbonyl (C=O) groups is 2. The summed E-state index contributed by atoms with van der Waals surface area (Å²) in [4.78, 5) is 32.6. The molecule has 1 aliphatic rings. The standard InChI is InChI=1S/C16H11BrF4N4O2/c17-10-2-1-8-12(13(10)19)9(14(20)21)5-25(15(8)27)6-11(26)24-16-22-3-7(18)4-23-16/h1-4,9,14H,5-6H2,(H,22,23,24,26). The first kappa shape index (κ1) is 19.2. The van der Waals surface area contributed by atoms with Crippen molar-refractivity contribution in [2.75, 3.05) is 18.4 Å². The summed E-state index contributed by atoms with van der Waals surface area (Å²) in [6.07, 6.45) is -1.27. The Labute approximate surface area is 158 Å². The smallest absolute Gasteiger partial charge is 0.254 e. The molecule has 0 spiro atoms. The van der Waals surface area contributed by atoms with Gasteiger partial charge in [-0.25, -0.2) is 27.5 Å². The molecule has 1 aliphatic heterocycles. The lowest BCUT2D eigenvalue weighted by atomic mass is 9.89. The Bertz CT molecular complexity index is 895. The zero-order chi connectivity index (χ0) is 19.7. The lowest BCUT2D eigenvalue weighted by Crippen LogP contribution is -2.46. The van der Waals surface area contributed by atoms with E-state index >= 15 is 0 Å². The number of hydrogen-bond acceptors (Lipinski definition) is 4. The molecule has 1 aromatic carbocycles. The number of nitrogens with one attached hydrogen (secondary N) is 1. The largest absolute Gasteiger partial charge is 0.328 e. The Morgan fingerprint density at radius 2 is 1.96 bits per heavy atom. The Morgan fingerprint density at radius 1 is 1.30 bits per heavy atom. The van der Waals surface area contributed by atoms with Gasteiger partial charge in [0.2, 0.25) is 18.3 Å². The van der Waals surface area contributed by atoms with Crippen molar-refractivity contribution in [2.24, 2.45) is 0 Å². The summed E-state index contributed by atoms with van der Waals surface area (Å²) in [5.41, 5.74) is -0.596. The second-order valence-corrected chi connectivity index (χ2v) is 6.58. The number of rotatable bonds is 4. The lowest BCUT2D eigenvalue weighted by molar-refractivity contribution is -0.117. The number of halogens is 5. The molecule has 11 heteroatoms. The molecule has 0 radical (unpaired) electrons. The first-order valence-corrected chi connectivity index (χ1v) is 8.40. The quantitative estimate of drug-likeness (QED) is 0.732. The molecule has 2 amide bonds. The molecule has 2 heterocycles. The summed E-state index contributed by atoms with van der Waals surface area (Å²) in [6, 6.07) is 2.47. The molecule has 1 aromatic heterocycles. The van der Waals surface area contributed by atoms with Gasteiger partial charge in [-0.2, -0.15) is 0 Å². The monoisotopic (exact) mass is 446 g/mol. The van der Waals surface area contributed by atoms with E-state index in [0.717, 1.165) is 17.3 Å². The number of anilines is 1. The first-order chi connectivity index (χ1) is 12.8. The predicted octanol–water partition coefficient (Wildman–Crippen LogP) is 2.96. The van der Waals surface area contributed by atoms with Crippen molar-refractivity contribution in [3.05, 3.63) is 51.8 Å². The van der Waals surface area contributed by atoms with Gasteiger partial charge in [-0.05, 0) is 28.1 Å². The fourth-order valence-corrected chi connectivity index (χ4v) is 3.10. The number of carbonyl (C=O) groups excluding carboxylic acids is 2. The third-order valence-corrected chi connectivity index (χ3v) is 4.56. The molecule has 1 atom stereocenters. The van der Waals surface area contributed by atoms with Crippen LogP contribution >= 0.6 is 15.9 Å². The molecule has 142 valence electrons. The van der Waals surface area contributed by atoms with Crippen molar-refractivity contribution in [1.82, 2.24) is 14.9 Å². The second kappa shape index (κ2) is 7.59. The van der Waals surface area contributed by atoms with Crippen LogP contribution in [-0.2, 0) is 4.79 Å². The molecular weight excluding hydrogens is 436 g/mol. The lowest BCUT2D eigenvalue weighted by Gasteiger charge is -2.33. The highest BCUT2D eigenvalue weighted by Crippen LogP contribution is 2.37. The molecule has 1 N–H and O–H groups in total. The molecule has 0 saturated carbocycles. The summed E-state index contributed by atoms with van der Waals surface area (Å²) in [6.45, 7) is -1.10. The van der Waals surface area contributed by atoms with Crippen molar-refractivity contribution in [1.29, 1.82) is 0 Å². The van der Waals surface area contributed by atoms with Crippen LogP contribution in [0.4, 0.5) is 23.5 Å². The molecule has 27 heavy (non-hydrogen) atoms. The number of alkyl halides is 2. The van der Waals surface area contributed by atoms with E-state index in [9.17, 15) is 27.2 Å². The summed E-state index contributed by atoms with van der Waals surface area (Å²) in [5, 5.41) is 2.23. The van der Waals surface area contributed by atoms with Crippen LogP contribution in [0.25, 0.3) is 0 Å². The number of hydrogen-bond donors (Lipinski definition) is 1. The van der Waals surface area contributed by atoms with Gasteiger partial charge in [0, 0.05) is 17.7 Å². The normalized spacial score (nSPS) is 16.4. The average Bonchev–Trinajstić information content (AvgIpc) is 2.62. The SMILES string of the molecule is O=C(CN1CC(C(F)F)c2c(ccc(Br)c2F)C1=O)Nc1ncc(F)cn1. The van der Waals surface area contributed by atoms with E-state index in [0.29, 0.717) is 0 Å². The number of fused-ring (bicyclic) bond motifs is 1. The van der Waals surface area contributed by atoms with Crippen molar-refractivity contribution in [3.8, 4) is 0 Å². The Morgan fingerprint density at radius 3 is 2.59 bits per heavy atom. The highest BCUT2D eigenvalue weighted by atomic mass is 79.9. The van der Waals surface area contributed by atoms with Gasteiger partial charge in [0.25, 0.3) is 5.91 Å². The van der Waals surface area contributed by atoms with Crippen molar-refractivity contribution >= 4 is 33.7 Å². The second-order valence-electron chi connectivity index (χ2n) is 5.72. The van der Waals surface area contributed by atoms with Crippen LogP contribution in [0.5, 0.6) is 0 Å². The molecule has 0 aliphatic carbocycles. The first-order valence-electron chi connectivity index (χ1n) is 7.60. The minimum atomic E-state index is -2.94. The topological polar surface area (TPSA) is 75.2 Å². The Hall–Kier alpha value is -2.56. The van der Waals surface area contributed by atoms with E-state index < -0.39 is 48.9 Å². The number of amides is 2. The summed E-state index contributed by atoms with van der Waals surface area (Å²) >= 11 is 2.92. The van der Waals surface area contributed by atoms with Crippen LogP contribution in [0.1, 0.15) is 21.8 Å². The Balaban J connectivity index is 1.82. The molecular formula is C16H11BrF4N4O2. The highest BCUT2D eigenvalue weighted by molar-refractivity contribution is 9.10. The third-order valence-electron chi connectivity index (χ3n) is 3.95. The van der Waals surface area contributed by atoms with Crippen molar-refractivity contribution in [2.45, 2.75) is 12.3 Å². The molecule has 0 saturated heterocycles. The van der Waals surface area contributed by atoms with Gasteiger partial charge in [-0.3, -0.25) is 14.9 Å². The van der Waals surface area contributed by atoms with Gasteiger partial charge in [-0.1, -0.05) is 0 Å². The fraction of sp³-hybridized carbons (Fsp3) is 0.250. The molecule has 1 unspecified atom stereocenters. The number of benzene rings is 1. The van der Waals surface area contributed by atoms with Crippen molar-refractivity contribution in [3.63, 3.8) is 0 Å². The van der Waals surface area contributed by atoms with Gasteiger partial charge >= 0.3 is 0 Å². The average molecular weight is 447 g/mol. The third kappa shape index (κ3) is 3.92. The zero-order valence-electron chi connectivity index (χ0n) is 13.4. The van der Waals surface area contributed by atoms with Crippen LogP contribution in [0.3, 0.4) is 0 Å². The van der Waals surface area contributed by atoms with E-state index in [-0.39, 0.29) is 21.5 Å². The molecule has 2 aromatic rings. The van der Waals surface area contributed by atoms with E-state index in [1.54, 1.807) is 0 Å². The maximum absolute atomic E-state index is 14.3. The molecule has 3 rings (SSSR count). The minimum absolute atomic E-state index is 0.0284. The molecule has 0 bridgehead atoms. The minimum Gasteiger partial charge on any atom is -0.328 e. The number of aromatic nitrogens is 2. The number of nitrogens with zero attached hydrogens (tertiary/aromatic N) is 3. The molecule has 6 nitrogen and oxygen atoms in total. The van der Waals surface area contributed by atoms with Crippen LogP contribution in [0.15, 0.2) is 29.0 Å². The van der Waals surface area contributed by atoms with Gasteiger partial charge in [0.1, 0.15) is 12.4 Å². The summed E-state index contributed by atoms with van der Waals surface area (Å²) in [7, 11) is 0. The van der Waals surface area contributed by atoms with Gasteiger partial charge in [0.05, 0.1) is 22.8 Å². The summed E-state index contributed by atoms with van der Waals surface area (Å²) < 4.78 is 54.0. The predicted molar refractivity (Wildman–Crippen MR) is 89.4 cm³/mol. The van der Waals surface area contributed by atoms with Crippen LogP contribution in [0.2, 0.25) is 0 Å². The van der Waals surface area contributed by atoms with E-state index in [2.05, 4.69) is 31.2 Å². The van der Waals surface area contributed by atoms with Crippen LogP contribution in [0, 0.1) is 11.6 Å². The zero-order valence-corrected chi connectivity index (χ0v) is 15.0. The van der Waals surface area contributed by atoms with Crippen LogP contribution < -0.4 is 5.32 Å². The van der Waals surface area contributed by atoms with Gasteiger partial charge < -0.3 is 4.90 Å². The maximum Gasteiger partial charge on any atom is 0.254 e. The van der Waals surface area contributed by atoms with Crippen LogP contribution in [-0.4, -0.2) is 46.2 Å². The summed E-state index contributed by atoms with van der Waals surface area (Å²) in [5.74, 6) is -4.91. The Kier molecular flexibility index (Phi) is 5.40. The van der Waals surface area contributed by atoms with Gasteiger partial charge in [-0.15, -0.1) is 0 Å². The maximum atomic E-state index is 14.3. The van der Waals surface area contributed by atoms with E-state index in [1.165, 1.54) is 12.1 Å².